The number of nitrogens with one attached hydrogen (secondary N) is 1. The molecule has 0 fully saturated rings. The Morgan fingerprint density at radius 3 is 2.80 bits per heavy atom. The number of hydrogen-bond donors (Lipinski definition) is 1. The number of ketones is 1. The number of Topliss-reactive ketones (excluding diaryl/α,β-unsaturated/α-hetero) is 1. The minimum absolute atomic E-state index is 0.107. The van der Waals surface area contributed by atoms with Crippen LogP contribution in [0.1, 0.15) is 30.8 Å². The van der Waals surface area contributed by atoms with Crippen molar-refractivity contribution in [2.24, 2.45) is 7.05 Å². The number of rotatable bonds is 5. The van der Waals surface area contributed by atoms with Gasteiger partial charge in [0, 0.05) is 26.1 Å². The number of aromatic nitrogens is 2. The molecule has 0 aromatic carbocycles. The molecule has 4 nitrogen and oxygen atoms in total. The van der Waals surface area contributed by atoms with Crippen molar-refractivity contribution in [3.63, 3.8) is 0 Å². The normalized spacial score (nSPS) is 11.0. The lowest BCUT2D eigenvalue weighted by Crippen LogP contribution is -2.26. The van der Waals surface area contributed by atoms with E-state index < -0.39 is 0 Å². The third-order valence-corrected chi connectivity index (χ3v) is 2.64. The fourth-order valence-electron chi connectivity index (χ4n) is 1.32. The minimum Gasteiger partial charge on any atom is -0.314 e. The topological polar surface area (TPSA) is 46.9 Å². The summed E-state index contributed by atoms with van der Waals surface area (Å²) in [5, 5.41) is 7.22. The predicted molar refractivity (Wildman–Crippen MR) is 63.0 cm³/mol. The van der Waals surface area contributed by atoms with Crippen molar-refractivity contribution in [3.8, 4) is 0 Å². The van der Waals surface area contributed by atoms with Gasteiger partial charge >= 0.3 is 0 Å². The van der Waals surface area contributed by atoms with Crippen molar-refractivity contribution in [1.82, 2.24) is 15.1 Å². The lowest BCUT2D eigenvalue weighted by Gasteiger charge is -2.07. The van der Waals surface area contributed by atoms with E-state index in [1.54, 1.807) is 17.9 Å². The van der Waals surface area contributed by atoms with E-state index in [9.17, 15) is 4.79 Å². The van der Waals surface area contributed by atoms with Gasteiger partial charge in [-0.05, 0) is 15.9 Å². The minimum atomic E-state index is 0.107. The zero-order valence-electron chi connectivity index (χ0n) is 9.25. The molecule has 0 aliphatic rings. The third-order valence-electron chi connectivity index (χ3n) is 2.06. The average molecular weight is 274 g/mol. The zero-order valence-corrected chi connectivity index (χ0v) is 10.8. The predicted octanol–water partition coefficient (Wildman–Crippen LogP) is 1.75. The van der Waals surface area contributed by atoms with Crippen LogP contribution in [0, 0.1) is 0 Å². The summed E-state index contributed by atoms with van der Waals surface area (Å²) in [5.74, 6) is 0.107. The number of carbonyl (C=O) groups is 1. The van der Waals surface area contributed by atoms with Gasteiger partial charge in [-0.3, -0.25) is 9.48 Å². The van der Waals surface area contributed by atoms with E-state index in [4.69, 9.17) is 0 Å². The van der Waals surface area contributed by atoms with Crippen molar-refractivity contribution >= 4 is 21.7 Å². The zero-order chi connectivity index (χ0) is 11.4. The maximum absolute atomic E-state index is 11.8. The number of hydrogen-bond acceptors (Lipinski definition) is 3. The van der Waals surface area contributed by atoms with Crippen LogP contribution in [-0.4, -0.2) is 28.2 Å². The molecule has 1 N–H and O–H groups in total. The Balaban J connectivity index is 2.54. The molecule has 0 aliphatic carbocycles. The molecule has 0 aliphatic heterocycles. The molecule has 1 aromatic heterocycles. The maximum Gasteiger partial charge on any atom is 0.183 e. The average Bonchev–Trinajstić information content (AvgIpc) is 2.45. The molecule has 0 saturated carbocycles. The summed E-state index contributed by atoms with van der Waals surface area (Å²) >= 11 is 3.31. The van der Waals surface area contributed by atoms with Gasteiger partial charge in [0.1, 0.15) is 5.69 Å². The van der Waals surface area contributed by atoms with Crippen molar-refractivity contribution in [1.29, 1.82) is 0 Å². The lowest BCUT2D eigenvalue weighted by molar-refractivity contribution is 0.0972. The van der Waals surface area contributed by atoms with E-state index >= 15 is 0 Å². The van der Waals surface area contributed by atoms with Crippen LogP contribution >= 0.6 is 15.9 Å². The van der Waals surface area contributed by atoms with Gasteiger partial charge < -0.3 is 5.32 Å². The first-order valence-corrected chi connectivity index (χ1v) is 5.75. The highest BCUT2D eigenvalue weighted by molar-refractivity contribution is 9.10. The first-order chi connectivity index (χ1) is 7.02. The van der Waals surface area contributed by atoms with Crippen molar-refractivity contribution < 1.29 is 4.79 Å². The van der Waals surface area contributed by atoms with Crippen LogP contribution in [0.15, 0.2) is 10.7 Å². The summed E-state index contributed by atoms with van der Waals surface area (Å²) in [6.07, 6.45) is 2.14. The SMILES string of the molecule is CC(C)NCCC(=O)c1c(Br)cnn1C. The summed E-state index contributed by atoms with van der Waals surface area (Å²) in [4.78, 5) is 11.8. The Bertz CT molecular complexity index is 327. The molecule has 1 rings (SSSR count). The molecule has 0 spiro atoms. The Hall–Kier alpha value is -0.680. The molecular weight excluding hydrogens is 258 g/mol. The number of nitrogens with zero attached hydrogens (tertiary/aromatic N) is 2. The fraction of sp³-hybridized carbons (Fsp3) is 0.600. The molecule has 1 aromatic rings. The number of halogens is 1. The first kappa shape index (κ1) is 12.4. The quantitative estimate of drug-likeness (QED) is 0.832. The van der Waals surface area contributed by atoms with E-state index in [0.29, 0.717) is 24.7 Å². The molecule has 0 unspecified atom stereocenters. The standard InChI is InChI=1S/C10H16BrN3O/c1-7(2)12-5-4-9(15)10-8(11)6-13-14(10)3/h6-7,12H,4-5H2,1-3H3. The van der Waals surface area contributed by atoms with E-state index in [-0.39, 0.29) is 5.78 Å². The van der Waals surface area contributed by atoms with E-state index in [0.717, 1.165) is 4.47 Å². The van der Waals surface area contributed by atoms with Crippen LogP contribution in [0.3, 0.4) is 0 Å². The van der Waals surface area contributed by atoms with Crippen LogP contribution in [-0.2, 0) is 7.05 Å². The highest BCUT2D eigenvalue weighted by Crippen LogP contribution is 2.16. The summed E-state index contributed by atoms with van der Waals surface area (Å²) in [5.41, 5.74) is 0.639. The van der Waals surface area contributed by atoms with Crippen molar-refractivity contribution in [2.75, 3.05) is 6.54 Å². The van der Waals surface area contributed by atoms with Crippen LogP contribution in [0.4, 0.5) is 0 Å². The van der Waals surface area contributed by atoms with Crippen molar-refractivity contribution in [3.05, 3.63) is 16.4 Å². The Morgan fingerprint density at radius 1 is 1.67 bits per heavy atom. The van der Waals surface area contributed by atoms with Gasteiger partial charge in [-0.1, -0.05) is 13.8 Å². The summed E-state index contributed by atoms with van der Waals surface area (Å²) in [7, 11) is 1.77. The molecule has 84 valence electrons. The van der Waals surface area contributed by atoms with Gasteiger partial charge in [0.15, 0.2) is 5.78 Å². The second-order valence-corrected chi connectivity index (χ2v) is 4.60. The van der Waals surface area contributed by atoms with Gasteiger partial charge in [-0.25, -0.2) is 0 Å². The van der Waals surface area contributed by atoms with E-state index in [2.05, 4.69) is 40.2 Å². The van der Waals surface area contributed by atoms with Gasteiger partial charge in [0.25, 0.3) is 0 Å². The first-order valence-electron chi connectivity index (χ1n) is 4.96. The van der Waals surface area contributed by atoms with Crippen LogP contribution in [0.25, 0.3) is 0 Å². The lowest BCUT2D eigenvalue weighted by atomic mass is 10.2. The molecule has 15 heavy (non-hydrogen) atoms. The van der Waals surface area contributed by atoms with Crippen molar-refractivity contribution in [2.45, 2.75) is 26.3 Å². The number of aryl methyl sites for hydroxylation is 1. The molecule has 0 atom stereocenters. The molecule has 0 saturated heterocycles. The smallest absolute Gasteiger partial charge is 0.183 e. The highest BCUT2D eigenvalue weighted by Gasteiger charge is 2.14. The van der Waals surface area contributed by atoms with E-state index in [1.807, 2.05) is 0 Å². The highest BCUT2D eigenvalue weighted by atomic mass is 79.9. The molecular formula is C10H16BrN3O. The van der Waals surface area contributed by atoms with Gasteiger partial charge in [0.05, 0.1) is 10.7 Å². The third kappa shape index (κ3) is 3.43. The molecule has 5 heteroatoms. The molecule has 0 amide bonds. The Morgan fingerprint density at radius 2 is 2.33 bits per heavy atom. The van der Waals surface area contributed by atoms with Crippen LogP contribution < -0.4 is 5.32 Å². The number of carbonyl (C=O) groups excluding carboxylic acids is 1. The molecule has 0 bridgehead atoms. The van der Waals surface area contributed by atoms with Gasteiger partial charge in [-0.15, -0.1) is 0 Å². The molecule has 1 heterocycles. The Kier molecular flexibility index (Phi) is 4.47. The maximum atomic E-state index is 11.8. The largest absolute Gasteiger partial charge is 0.314 e. The second-order valence-electron chi connectivity index (χ2n) is 3.75. The molecule has 0 radical (unpaired) electrons. The van der Waals surface area contributed by atoms with Crippen LogP contribution in [0.2, 0.25) is 0 Å². The summed E-state index contributed by atoms with van der Waals surface area (Å²) in [6, 6.07) is 0.410. The second kappa shape index (κ2) is 5.42. The summed E-state index contributed by atoms with van der Waals surface area (Å²) in [6.45, 7) is 4.82. The Labute approximate surface area is 98.2 Å². The summed E-state index contributed by atoms with van der Waals surface area (Å²) < 4.78 is 2.36. The fourth-order valence-corrected chi connectivity index (χ4v) is 1.89. The van der Waals surface area contributed by atoms with Gasteiger partial charge in [0.2, 0.25) is 0 Å². The monoisotopic (exact) mass is 273 g/mol. The van der Waals surface area contributed by atoms with E-state index in [1.165, 1.54) is 0 Å². The van der Waals surface area contributed by atoms with Crippen LogP contribution in [0.5, 0.6) is 0 Å². The van der Waals surface area contributed by atoms with Gasteiger partial charge in [-0.2, -0.15) is 5.10 Å².